The van der Waals surface area contributed by atoms with Gasteiger partial charge in [0.2, 0.25) is 0 Å². The first kappa shape index (κ1) is 9.46. The second-order valence-electron chi connectivity index (χ2n) is 3.70. The first-order valence-electron chi connectivity index (χ1n) is 5.25. The molecule has 1 fully saturated rings. The highest BCUT2D eigenvalue weighted by Crippen LogP contribution is 2.19. The smallest absolute Gasteiger partial charge is 0.255 e. The fourth-order valence-corrected chi connectivity index (χ4v) is 2.02. The molecular formula is C11H16N2O. The van der Waals surface area contributed by atoms with Crippen LogP contribution in [-0.4, -0.2) is 11.1 Å². The van der Waals surface area contributed by atoms with Gasteiger partial charge in [0.05, 0.1) is 0 Å². The van der Waals surface area contributed by atoms with E-state index in [1.807, 2.05) is 25.3 Å². The van der Waals surface area contributed by atoms with Gasteiger partial charge in [0.1, 0.15) is 0 Å². The normalized spacial score (nSPS) is 21.4. The van der Waals surface area contributed by atoms with Crippen LogP contribution in [0.5, 0.6) is 0 Å². The maximum atomic E-state index is 11.9. The standard InChI is InChI=1S/C11H16N2O/c1-2-13-8-4-5-9(11(13)14)10-6-3-7-12-10/h4-5,8,10,12H,2-3,6-7H2,1H3/t10-/m1/s1. The summed E-state index contributed by atoms with van der Waals surface area (Å²) in [6, 6.07) is 4.18. The lowest BCUT2D eigenvalue weighted by molar-refractivity contribution is 0.617. The first-order chi connectivity index (χ1) is 6.83. The third-order valence-electron chi connectivity index (χ3n) is 2.83. The van der Waals surface area contributed by atoms with E-state index >= 15 is 0 Å². The number of nitrogens with one attached hydrogen (secondary N) is 1. The van der Waals surface area contributed by atoms with Crippen molar-refractivity contribution >= 4 is 0 Å². The van der Waals surface area contributed by atoms with Crippen LogP contribution < -0.4 is 10.9 Å². The summed E-state index contributed by atoms with van der Waals surface area (Å²) >= 11 is 0. The summed E-state index contributed by atoms with van der Waals surface area (Å²) in [4.78, 5) is 11.9. The molecule has 0 spiro atoms. The van der Waals surface area contributed by atoms with Crippen molar-refractivity contribution in [3.8, 4) is 0 Å². The molecule has 1 aliphatic rings. The molecule has 1 aromatic heterocycles. The van der Waals surface area contributed by atoms with Crippen molar-refractivity contribution in [3.63, 3.8) is 0 Å². The number of nitrogens with zero attached hydrogens (tertiary/aromatic N) is 1. The number of aryl methyl sites for hydroxylation is 1. The predicted molar refractivity (Wildman–Crippen MR) is 56.4 cm³/mol. The second kappa shape index (κ2) is 3.96. The molecule has 0 aliphatic carbocycles. The number of pyridine rings is 1. The maximum Gasteiger partial charge on any atom is 0.255 e. The van der Waals surface area contributed by atoms with Gasteiger partial charge in [-0.05, 0) is 32.4 Å². The van der Waals surface area contributed by atoms with Crippen molar-refractivity contribution in [2.24, 2.45) is 0 Å². The lowest BCUT2D eigenvalue weighted by Gasteiger charge is -2.11. The van der Waals surface area contributed by atoms with Crippen LogP contribution in [0.1, 0.15) is 31.4 Å². The predicted octanol–water partition coefficient (Wildman–Crippen LogP) is 1.29. The molecule has 14 heavy (non-hydrogen) atoms. The molecule has 0 amide bonds. The monoisotopic (exact) mass is 192 g/mol. The quantitative estimate of drug-likeness (QED) is 0.766. The molecule has 0 aromatic carbocycles. The summed E-state index contributed by atoms with van der Waals surface area (Å²) in [5.41, 5.74) is 1.08. The van der Waals surface area contributed by atoms with E-state index in [0.29, 0.717) is 0 Å². The minimum absolute atomic E-state index is 0.161. The Bertz CT molecular complexity index is 364. The molecule has 0 bridgehead atoms. The number of aromatic nitrogens is 1. The molecule has 2 rings (SSSR count). The van der Waals surface area contributed by atoms with E-state index in [1.54, 1.807) is 4.57 Å². The van der Waals surface area contributed by atoms with Crippen molar-refractivity contribution in [2.75, 3.05) is 6.54 Å². The van der Waals surface area contributed by atoms with Crippen molar-refractivity contribution < 1.29 is 0 Å². The minimum atomic E-state index is 0.161. The number of rotatable bonds is 2. The fraction of sp³-hybridized carbons (Fsp3) is 0.545. The van der Waals surface area contributed by atoms with Gasteiger partial charge >= 0.3 is 0 Å². The van der Waals surface area contributed by atoms with Crippen molar-refractivity contribution in [2.45, 2.75) is 32.4 Å². The molecule has 3 heteroatoms. The lowest BCUT2D eigenvalue weighted by Crippen LogP contribution is -2.27. The van der Waals surface area contributed by atoms with Gasteiger partial charge in [0.25, 0.3) is 5.56 Å². The molecule has 2 heterocycles. The third-order valence-corrected chi connectivity index (χ3v) is 2.83. The van der Waals surface area contributed by atoms with Gasteiger partial charge in [0.15, 0.2) is 0 Å². The SMILES string of the molecule is CCn1cccc([C@H]2CCCN2)c1=O. The van der Waals surface area contributed by atoms with E-state index in [4.69, 9.17) is 0 Å². The van der Waals surface area contributed by atoms with Crippen LogP contribution in [0.4, 0.5) is 0 Å². The Balaban J connectivity index is 2.37. The first-order valence-corrected chi connectivity index (χ1v) is 5.25. The summed E-state index contributed by atoms with van der Waals surface area (Å²) in [5.74, 6) is 0. The Kier molecular flexibility index (Phi) is 2.68. The average molecular weight is 192 g/mol. The summed E-state index contributed by atoms with van der Waals surface area (Å²) in [7, 11) is 0. The molecule has 1 aromatic rings. The van der Waals surface area contributed by atoms with Crippen molar-refractivity contribution in [1.29, 1.82) is 0 Å². The Morgan fingerprint density at radius 3 is 3.14 bits per heavy atom. The summed E-state index contributed by atoms with van der Waals surface area (Å²) in [6.07, 6.45) is 4.11. The Morgan fingerprint density at radius 1 is 1.64 bits per heavy atom. The average Bonchev–Trinajstić information content (AvgIpc) is 2.71. The largest absolute Gasteiger partial charge is 0.316 e. The van der Waals surface area contributed by atoms with E-state index in [0.717, 1.165) is 25.1 Å². The van der Waals surface area contributed by atoms with Gasteiger partial charge in [-0.1, -0.05) is 6.07 Å². The molecule has 76 valence electrons. The van der Waals surface area contributed by atoms with E-state index in [-0.39, 0.29) is 11.6 Å². The molecule has 0 radical (unpaired) electrons. The molecule has 0 unspecified atom stereocenters. The lowest BCUT2D eigenvalue weighted by atomic mass is 10.1. The molecule has 1 aliphatic heterocycles. The van der Waals surface area contributed by atoms with Crippen LogP contribution in [0.2, 0.25) is 0 Å². The van der Waals surface area contributed by atoms with Crippen LogP contribution >= 0.6 is 0 Å². The number of hydrogen-bond acceptors (Lipinski definition) is 2. The molecular weight excluding hydrogens is 176 g/mol. The Hall–Kier alpha value is -1.09. The maximum absolute atomic E-state index is 11.9. The van der Waals surface area contributed by atoms with Gasteiger partial charge in [-0.15, -0.1) is 0 Å². The summed E-state index contributed by atoms with van der Waals surface area (Å²) in [5, 5.41) is 3.35. The molecule has 1 N–H and O–H groups in total. The van der Waals surface area contributed by atoms with Crippen LogP contribution in [0.15, 0.2) is 23.1 Å². The zero-order valence-electron chi connectivity index (χ0n) is 8.49. The van der Waals surface area contributed by atoms with Gasteiger partial charge in [0, 0.05) is 24.3 Å². The molecule has 1 atom stereocenters. The topological polar surface area (TPSA) is 34.0 Å². The summed E-state index contributed by atoms with van der Waals surface area (Å²) in [6.45, 7) is 3.78. The highest BCUT2D eigenvalue weighted by molar-refractivity contribution is 5.16. The van der Waals surface area contributed by atoms with Crippen molar-refractivity contribution in [1.82, 2.24) is 9.88 Å². The zero-order valence-corrected chi connectivity index (χ0v) is 8.49. The van der Waals surface area contributed by atoms with Crippen LogP contribution in [0.3, 0.4) is 0 Å². The van der Waals surface area contributed by atoms with Crippen molar-refractivity contribution in [3.05, 3.63) is 34.2 Å². The van der Waals surface area contributed by atoms with Crippen LogP contribution in [0.25, 0.3) is 0 Å². The molecule has 1 saturated heterocycles. The van der Waals surface area contributed by atoms with Gasteiger partial charge < -0.3 is 9.88 Å². The Labute approximate surface area is 83.8 Å². The van der Waals surface area contributed by atoms with Crippen LogP contribution in [0, 0.1) is 0 Å². The highest BCUT2D eigenvalue weighted by atomic mass is 16.1. The molecule has 0 saturated carbocycles. The minimum Gasteiger partial charge on any atom is -0.316 e. The van der Waals surface area contributed by atoms with Gasteiger partial charge in [-0.25, -0.2) is 0 Å². The zero-order chi connectivity index (χ0) is 9.97. The van der Waals surface area contributed by atoms with Gasteiger partial charge in [-0.2, -0.15) is 0 Å². The fourth-order valence-electron chi connectivity index (χ4n) is 2.02. The third kappa shape index (κ3) is 1.60. The van der Waals surface area contributed by atoms with E-state index in [1.165, 1.54) is 6.42 Å². The van der Waals surface area contributed by atoms with E-state index in [2.05, 4.69) is 5.32 Å². The Morgan fingerprint density at radius 2 is 2.50 bits per heavy atom. The summed E-state index contributed by atoms with van der Waals surface area (Å²) < 4.78 is 1.76. The van der Waals surface area contributed by atoms with Gasteiger partial charge in [-0.3, -0.25) is 4.79 Å². The number of hydrogen-bond donors (Lipinski definition) is 1. The second-order valence-corrected chi connectivity index (χ2v) is 3.70. The van der Waals surface area contributed by atoms with E-state index < -0.39 is 0 Å². The van der Waals surface area contributed by atoms with E-state index in [9.17, 15) is 4.79 Å². The highest BCUT2D eigenvalue weighted by Gasteiger charge is 2.19. The molecule has 3 nitrogen and oxygen atoms in total. The van der Waals surface area contributed by atoms with Crippen LogP contribution in [-0.2, 0) is 6.54 Å².